The van der Waals surface area contributed by atoms with Crippen molar-refractivity contribution in [3.8, 4) is 0 Å². The molecular formula is C30H34N2O12S. The van der Waals surface area contributed by atoms with E-state index in [0.29, 0.717) is 5.69 Å². The third-order valence-electron chi connectivity index (χ3n) is 6.43. The molecule has 0 aliphatic carbocycles. The van der Waals surface area contributed by atoms with E-state index in [2.05, 4.69) is 5.32 Å². The maximum atomic E-state index is 12.5. The molecule has 15 heteroatoms. The first-order valence-electron chi connectivity index (χ1n) is 13.8. The number of carbonyl (C=O) groups is 6. The molecule has 0 spiro atoms. The van der Waals surface area contributed by atoms with Gasteiger partial charge in [-0.05, 0) is 23.7 Å². The minimum Gasteiger partial charge on any atom is -0.462 e. The van der Waals surface area contributed by atoms with Crippen LogP contribution in [-0.2, 0) is 57.2 Å². The number of hydrogen-bond acceptors (Lipinski definition) is 13. The summed E-state index contributed by atoms with van der Waals surface area (Å²) in [6, 6.07) is 11.5. The van der Waals surface area contributed by atoms with Crippen molar-refractivity contribution in [2.24, 2.45) is 0 Å². The molecule has 1 aliphatic rings. The van der Waals surface area contributed by atoms with Gasteiger partial charge in [-0.3, -0.25) is 33.7 Å². The van der Waals surface area contributed by atoms with E-state index >= 15 is 0 Å². The highest BCUT2D eigenvalue weighted by Gasteiger charge is 2.54. The molecule has 0 amide bonds. The molecule has 2 aromatic rings. The molecule has 1 saturated heterocycles. The topological polar surface area (TPSA) is 173 Å². The molecule has 45 heavy (non-hydrogen) atoms. The summed E-state index contributed by atoms with van der Waals surface area (Å²) in [5, 5.41) is 4.65. The van der Waals surface area contributed by atoms with E-state index in [1.54, 1.807) is 12.1 Å². The highest BCUT2D eigenvalue weighted by Crippen LogP contribution is 2.35. The fourth-order valence-electron chi connectivity index (χ4n) is 4.97. The van der Waals surface area contributed by atoms with Crippen LogP contribution in [0.3, 0.4) is 0 Å². The monoisotopic (exact) mass is 646 g/mol. The predicted octanol–water partition coefficient (Wildman–Crippen LogP) is 2.08. The van der Waals surface area contributed by atoms with Gasteiger partial charge in [0.15, 0.2) is 29.5 Å². The van der Waals surface area contributed by atoms with Gasteiger partial charge in [0.1, 0.15) is 12.6 Å². The largest absolute Gasteiger partial charge is 0.462 e. The molecule has 0 unspecified atom stereocenters. The Labute approximate surface area is 264 Å². The van der Waals surface area contributed by atoms with Crippen LogP contribution in [0.5, 0.6) is 0 Å². The van der Waals surface area contributed by atoms with Crippen LogP contribution in [0.15, 0.2) is 42.5 Å². The van der Waals surface area contributed by atoms with Gasteiger partial charge in [0.05, 0.1) is 5.69 Å². The number of nitrogens with zero attached hydrogens (tertiary/aromatic N) is 1. The Morgan fingerprint density at radius 2 is 1.31 bits per heavy atom. The number of carbonyl (C=O) groups excluding carboxylic acids is 6. The normalized spacial score (nSPS) is 18.4. The minimum atomic E-state index is -1.72. The van der Waals surface area contributed by atoms with Crippen LogP contribution in [0.2, 0.25) is 0 Å². The summed E-state index contributed by atoms with van der Waals surface area (Å²) in [5.74, 6) is -4.99. The number of esters is 6. The molecule has 0 radical (unpaired) electrons. The van der Waals surface area contributed by atoms with Crippen molar-refractivity contribution in [1.29, 1.82) is 0 Å². The molecular weight excluding hydrogens is 612 g/mol. The number of anilines is 1. The lowest BCUT2D eigenvalue weighted by Gasteiger charge is -2.38. The van der Waals surface area contributed by atoms with Crippen LogP contribution in [0.4, 0.5) is 5.69 Å². The van der Waals surface area contributed by atoms with Gasteiger partial charge in [-0.1, -0.05) is 36.4 Å². The molecule has 0 saturated carbocycles. The summed E-state index contributed by atoms with van der Waals surface area (Å²) < 4.78 is 32.9. The summed E-state index contributed by atoms with van der Waals surface area (Å²) in [7, 11) is 0. The second-order valence-electron chi connectivity index (χ2n) is 10.0. The van der Waals surface area contributed by atoms with E-state index < -0.39 is 79.1 Å². The third kappa shape index (κ3) is 9.11. The van der Waals surface area contributed by atoms with E-state index in [9.17, 15) is 28.8 Å². The van der Waals surface area contributed by atoms with Crippen molar-refractivity contribution in [2.75, 3.05) is 11.5 Å². The summed E-state index contributed by atoms with van der Waals surface area (Å²) in [4.78, 5) is 75.0. The maximum absolute atomic E-state index is 12.5. The highest BCUT2D eigenvalue weighted by atomic mass is 32.1. The van der Waals surface area contributed by atoms with Crippen molar-refractivity contribution >= 4 is 69.6 Å². The van der Waals surface area contributed by atoms with Crippen molar-refractivity contribution < 1.29 is 57.2 Å². The molecule has 14 nitrogen and oxygen atoms in total. The maximum Gasteiger partial charge on any atom is 0.304 e. The van der Waals surface area contributed by atoms with Crippen LogP contribution in [-0.4, -0.2) is 84.2 Å². The second kappa shape index (κ2) is 15.3. The molecule has 0 bridgehead atoms. The zero-order valence-corrected chi connectivity index (χ0v) is 26.3. The Balaban J connectivity index is 2.22. The first kappa shape index (κ1) is 34.7. The molecule has 1 N–H and O–H groups in total. The Bertz CT molecular complexity index is 1470. The van der Waals surface area contributed by atoms with Gasteiger partial charge in [-0.15, -0.1) is 0 Å². The zero-order valence-electron chi connectivity index (χ0n) is 25.5. The van der Waals surface area contributed by atoms with Gasteiger partial charge >= 0.3 is 35.8 Å². The fraction of sp³-hybridized carbons (Fsp3) is 0.433. The van der Waals surface area contributed by atoms with E-state index in [1.807, 2.05) is 30.3 Å². The predicted molar refractivity (Wildman–Crippen MR) is 160 cm³/mol. The molecule has 1 aliphatic heterocycles. The van der Waals surface area contributed by atoms with E-state index in [-0.39, 0.29) is 5.11 Å². The van der Waals surface area contributed by atoms with Crippen LogP contribution >= 0.6 is 12.2 Å². The second-order valence-corrected chi connectivity index (χ2v) is 10.4. The quantitative estimate of drug-likeness (QED) is 0.202. The molecule has 1 fully saturated rings. The van der Waals surface area contributed by atoms with Crippen molar-refractivity contribution in [2.45, 2.75) is 78.2 Å². The molecule has 1 heterocycles. The van der Waals surface area contributed by atoms with Crippen molar-refractivity contribution in [1.82, 2.24) is 5.32 Å². The number of benzene rings is 2. The van der Waals surface area contributed by atoms with E-state index in [1.165, 1.54) is 11.8 Å². The number of hydrogen-bond donors (Lipinski definition) is 1. The van der Waals surface area contributed by atoms with Crippen molar-refractivity contribution in [3.05, 3.63) is 42.5 Å². The molecule has 242 valence electrons. The number of thiocarbonyl (C=S) groups is 1. The van der Waals surface area contributed by atoms with Crippen LogP contribution in [0.1, 0.15) is 41.5 Å². The van der Waals surface area contributed by atoms with Crippen LogP contribution < -0.4 is 10.2 Å². The Kier molecular flexibility index (Phi) is 11.8. The number of fused-ring (bicyclic) bond motifs is 1. The SMILES string of the molecule is CC(=O)OC[C@@H](OC(C)=O)[C@H](OC(C)=O)[C@H](OC(C)=O)[C@@H](OC(C)=O)[C@@H]1NC(=S)N(c2cccc3ccccc23)[C@H]1OC(C)=O. The van der Waals surface area contributed by atoms with Crippen LogP contribution in [0.25, 0.3) is 10.8 Å². The summed E-state index contributed by atoms with van der Waals surface area (Å²) in [6.07, 6.45) is -7.86. The smallest absolute Gasteiger partial charge is 0.304 e. The van der Waals surface area contributed by atoms with E-state index in [0.717, 1.165) is 45.4 Å². The third-order valence-corrected chi connectivity index (χ3v) is 6.74. The molecule has 2 aromatic carbocycles. The number of rotatable bonds is 12. The Hall–Kier alpha value is -4.79. The van der Waals surface area contributed by atoms with Gasteiger partial charge in [0, 0.05) is 46.9 Å². The molecule has 6 atom stereocenters. The van der Waals surface area contributed by atoms with Gasteiger partial charge in [0.25, 0.3) is 0 Å². The van der Waals surface area contributed by atoms with Gasteiger partial charge in [0.2, 0.25) is 6.23 Å². The van der Waals surface area contributed by atoms with Gasteiger partial charge in [-0.2, -0.15) is 0 Å². The lowest BCUT2D eigenvalue weighted by atomic mass is 9.95. The molecule has 3 rings (SSSR count). The van der Waals surface area contributed by atoms with Crippen LogP contribution in [0, 0.1) is 0 Å². The van der Waals surface area contributed by atoms with E-state index in [4.69, 9.17) is 40.6 Å². The first-order valence-corrected chi connectivity index (χ1v) is 14.2. The lowest BCUT2D eigenvalue weighted by molar-refractivity contribution is -0.206. The summed E-state index contributed by atoms with van der Waals surface area (Å²) in [5.41, 5.74) is 0.536. The lowest BCUT2D eigenvalue weighted by Crippen LogP contribution is -2.60. The van der Waals surface area contributed by atoms with Gasteiger partial charge < -0.3 is 33.7 Å². The highest BCUT2D eigenvalue weighted by molar-refractivity contribution is 7.80. The average molecular weight is 647 g/mol. The standard InChI is InChI=1S/C30H34N2O12S/c1-15(33)39-14-24(40-16(2)34)26(41-17(3)35)28(43-19(5)37)27(42-18(4)36)25-29(44-20(6)38)32(30(45)31-25)23-13-9-11-21-10-7-8-12-22(21)23/h7-13,24-29H,14H2,1-6H3,(H,31,45)/t24-,25+,26+,27+,28+,29+/m1/s1. The average Bonchev–Trinajstić information content (AvgIpc) is 3.25. The summed E-state index contributed by atoms with van der Waals surface area (Å²) in [6.45, 7) is 5.89. The minimum absolute atomic E-state index is 0.0572. The Morgan fingerprint density at radius 3 is 1.89 bits per heavy atom. The zero-order chi connectivity index (χ0) is 33.4. The number of ether oxygens (including phenoxy) is 6. The fourth-order valence-corrected chi connectivity index (χ4v) is 5.31. The first-order chi connectivity index (χ1) is 21.2. The summed E-state index contributed by atoms with van der Waals surface area (Å²) >= 11 is 5.68. The number of nitrogens with one attached hydrogen (secondary N) is 1. The van der Waals surface area contributed by atoms with Gasteiger partial charge in [-0.25, -0.2) is 0 Å². The molecule has 0 aromatic heterocycles. The van der Waals surface area contributed by atoms with Crippen molar-refractivity contribution in [3.63, 3.8) is 0 Å². The Morgan fingerprint density at radius 1 is 0.733 bits per heavy atom.